The zero-order valence-electron chi connectivity index (χ0n) is 6.57. The number of nitrogens with one attached hydrogen (secondary N) is 1. The molecular formula is C6H4N4O2S. The number of thioether (sulfide) groups is 1. The Labute approximate surface area is 75.8 Å². The van der Waals surface area contributed by atoms with Gasteiger partial charge in [0.05, 0.1) is 0 Å². The van der Waals surface area contributed by atoms with Crippen molar-refractivity contribution >= 4 is 17.8 Å². The normalized spacial score (nSPS) is 13.5. The molecule has 1 aliphatic rings. The van der Waals surface area contributed by atoms with E-state index in [4.69, 9.17) is 0 Å². The summed E-state index contributed by atoms with van der Waals surface area (Å²) in [5, 5.41) is 0.431. The Morgan fingerprint density at radius 1 is 1.31 bits per heavy atom. The van der Waals surface area contributed by atoms with Gasteiger partial charge in [0.1, 0.15) is 0 Å². The molecule has 0 unspecified atom stereocenters. The van der Waals surface area contributed by atoms with Gasteiger partial charge in [0.2, 0.25) is 0 Å². The summed E-state index contributed by atoms with van der Waals surface area (Å²) in [4.78, 5) is 35.2. The summed E-state index contributed by atoms with van der Waals surface area (Å²) in [5.74, 6) is 0. The van der Waals surface area contributed by atoms with Crippen molar-refractivity contribution in [3.63, 3.8) is 0 Å². The number of rotatable bonds is 1. The lowest BCUT2D eigenvalue weighted by Crippen LogP contribution is -2.41. The van der Waals surface area contributed by atoms with Gasteiger partial charge >= 0.3 is 6.03 Å². The minimum absolute atomic E-state index is 0.00259. The van der Waals surface area contributed by atoms with E-state index in [1.807, 2.05) is 0 Å². The van der Waals surface area contributed by atoms with Crippen LogP contribution in [0.15, 0.2) is 19.9 Å². The topological polar surface area (TPSA) is 87.5 Å². The van der Waals surface area contributed by atoms with Crippen LogP contribution in [0, 0.1) is 0 Å². The van der Waals surface area contributed by atoms with E-state index in [0.29, 0.717) is 5.16 Å². The summed E-state index contributed by atoms with van der Waals surface area (Å²) in [6.07, 6.45) is 1.76. The molecule has 1 aromatic heterocycles. The highest BCUT2D eigenvalue weighted by molar-refractivity contribution is 7.98. The van der Waals surface area contributed by atoms with E-state index >= 15 is 0 Å². The number of H-pyrrole nitrogens is 1. The van der Waals surface area contributed by atoms with Gasteiger partial charge in [0, 0.05) is 0 Å². The molecule has 2 amide bonds. The minimum Gasteiger partial charge on any atom is -0.299 e. The molecule has 1 aromatic rings. The van der Waals surface area contributed by atoms with Gasteiger partial charge in [-0.25, -0.2) is 9.78 Å². The zero-order chi connectivity index (χ0) is 9.42. The van der Waals surface area contributed by atoms with Gasteiger partial charge in [-0.05, 0) is 6.26 Å². The third kappa shape index (κ3) is 1.26. The highest BCUT2D eigenvalue weighted by atomic mass is 32.2. The molecule has 0 atom stereocenters. The maximum absolute atomic E-state index is 11.2. The Hall–Kier alpha value is -1.50. The number of urea groups is 1. The Bertz CT molecular complexity index is 547. The third-order valence-corrected chi connectivity index (χ3v) is 2.04. The van der Waals surface area contributed by atoms with E-state index in [-0.39, 0.29) is 10.8 Å². The Kier molecular flexibility index (Phi) is 1.73. The summed E-state index contributed by atoms with van der Waals surface area (Å²) >= 11 is 1.27. The van der Waals surface area contributed by atoms with E-state index in [0.717, 1.165) is 0 Å². The Morgan fingerprint density at radius 3 is 2.77 bits per heavy atom. The van der Waals surface area contributed by atoms with Crippen molar-refractivity contribution in [3.8, 4) is 0 Å². The molecule has 6 nitrogen and oxygen atoms in total. The first-order chi connectivity index (χ1) is 6.20. The predicted octanol–water partition coefficient (Wildman–Crippen LogP) is -1.14. The van der Waals surface area contributed by atoms with Gasteiger partial charge in [-0.3, -0.25) is 9.78 Å². The molecule has 1 aliphatic heterocycles. The van der Waals surface area contributed by atoms with Crippen LogP contribution in [0.2, 0.25) is 0 Å². The average molecular weight is 196 g/mol. The number of carbonyl (C=O) groups is 1. The molecular weight excluding hydrogens is 192 g/mol. The number of aromatic amines is 1. The molecule has 2 heterocycles. The van der Waals surface area contributed by atoms with E-state index in [1.165, 1.54) is 11.8 Å². The largest absolute Gasteiger partial charge is 0.370 e. The molecule has 66 valence electrons. The summed E-state index contributed by atoms with van der Waals surface area (Å²) in [6.45, 7) is 0. The number of fused-ring (bicyclic) bond motifs is 1. The first-order valence-corrected chi connectivity index (χ1v) is 4.59. The number of carbonyl (C=O) groups excluding carboxylic acids is 1. The standard InChI is InChI=1S/C6H4N4O2S/c1-13-6-9-3-2(4(11)10-6)7-5(12)8-3/h1H3,(H,8,9,10,11,12). The minimum atomic E-state index is -0.675. The van der Waals surface area contributed by atoms with Crippen LogP contribution in [0.4, 0.5) is 4.79 Å². The summed E-state index contributed by atoms with van der Waals surface area (Å²) < 4.78 is 0. The molecule has 1 N–H and O–H groups in total. The summed E-state index contributed by atoms with van der Waals surface area (Å²) in [6, 6.07) is -0.675. The first kappa shape index (κ1) is 8.11. The SMILES string of the molecule is CSc1nc2c(c(=O)[nH]1)=NC(=O)N=2. The smallest absolute Gasteiger partial charge is 0.299 e. The van der Waals surface area contributed by atoms with Crippen LogP contribution in [0.3, 0.4) is 0 Å². The van der Waals surface area contributed by atoms with Crippen molar-refractivity contribution in [2.75, 3.05) is 6.26 Å². The molecule has 0 spiro atoms. The summed E-state index contributed by atoms with van der Waals surface area (Å²) in [7, 11) is 0. The van der Waals surface area contributed by atoms with E-state index in [9.17, 15) is 9.59 Å². The molecule has 0 saturated carbocycles. The third-order valence-electron chi connectivity index (χ3n) is 1.46. The maximum atomic E-state index is 11.2. The average Bonchev–Trinajstić information content (AvgIpc) is 2.46. The number of aromatic nitrogens is 2. The zero-order valence-corrected chi connectivity index (χ0v) is 7.38. The molecule has 13 heavy (non-hydrogen) atoms. The van der Waals surface area contributed by atoms with E-state index < -0.39 is 11.6 Å². The van der Waals surface area contributed by atoms with Crippen molar-refractivity contribution in [2.45, 2.75) is 5.16 Å². The van der Waals surface area contributed by atoms with Crippen LogP contribution < -0.4 is 16.4 Å². The number of hydrogen-bond donors (Lipinski definition) is 1. The second-order valence-corrected chi connectivity index (χ2v) is 3.05. The van der Waals surface area contributed by atoms with Gasteiger partial charge < -0.3 is 0 Å². The lowest BCUT2D eigenvalue weighted by atomic mass is 10.6. The summed E-state index contributed by atoms with van der Waals surface area (Å²) in [5.41, 5.74) is -0.318. The van der Waals surface area contributed by atoms with Crippen molar-refractivity contribution in [2.24, 2.45) is 9.98 Å². The molecule has 0 aromatic carbocycles. The first-order valence-electron chi connectivity index (χ1n) is 3.36. The fourth-order valence-electron chi connectivity index (χ4n) is 0.922. The van der Waals surface area contributed by atoms with Crippen LogP contribution in [0.1, 0.15) is 0 Å². The fourth-order valence-corrected chi connectivity index (χ4v) is 1.29. The molecule has 7 heteroatoms. The lowest BCUT2D eigenvalue weighted by Gasteiger charge is -1.90. The van der Waals surface area contributed by atoms with Crippen molar-refractivity contribution < 1.29 is 4.79 Å². The van der Waals surface area contributed by atoms with Crippen LogP contribution >= 0.6 is 11.8 Å². The second-order valence-electron chi connectivity index (χ2n) is 2.25. The number of hydrogen-bond acceptors (Lipinski definition) is 4. The van der Waals surface area contributed by atoms with Crippen LogP contribution in [0.25, 0.3) is 0 Å². The van der Waals surface area contributed by atoms with Gasteiger partial charge in [-0.1, -0.05) is 11.8 Å². The van der Waals surface area contributed by atoms with Crippen molar-refractivity contribution in [1.82, 2.24) is 9.97 Å². The number of amides is 2. The van der Waals surface area contributed by atoms with E-state index in [1.54, 1.807) is 6.26 Å². The lowest BCUT2D eigenvalue weighted by molar-refractivity contribution is 0.256. The highest BCUT2D eigenvalue weighted by Gasteiger charge is 2.10. The quantitative estimate of drug-likeness (QED) is 0.454. The molecule has 0 aliphatic carbocycles. The maximum Gasteiger partial charge on any atom is 0.370 e. The fraction of sp³-hybridized carbons (Fsp3) is 0.167. The van der Waals surface area contributed by atoms with Gasteiger partial charge in [0.25, 0.3) is 5.56 Å². The van der Waals surface area contributed by atoms with Crippen LogP contribution in [-0.4, -0.2) is 22.3 Å². The Morgan fingerprint density at radius 2 is 2.08 bits per heavy atom. The van der Waals surface area contributed by atoms with E-state index in [2.05, 4.69) is 20.0 Å². The van der Waals surface area contributed by atoms with Crippen molar-refractivity contribution in [1.29, 1.82) is 0 Å². The molecule has 0 bridgehead atoms. The van der Waals surface area contributed by atoms with Crippen molar-refractivity contribution in [3.05, 3.63) is 21.2 Å². The van der Waals surface area contributed by atoms with Crippen LogP contribution in [-0.2, 0) is 0 Å². The molecule has 0 radical (unpaired) electrons. The van der Waals surface area contributed by atoms with Gasteiger partial charge in [-0.15, -0.1) is 0 Å². The Balaban J connectivity index is 2.89. The molecule has 0 saturated heterocycles. The monoisotopic (exact) mass is 196 g/mol. The van der Waals surface area contributed by atoms with Gasteiger partial charge in [-0.2, -0.15) is 9.98 Å². The van der Waals surface area contributed by atoms with Crippen LogP contribution in [0.5, 0.6) is 0 Å². The molecule has 2 rings (SSSR count). The number of nitrogens with zero attached hydrogens (tertiary/aromatic N) is 3. The highest BCUT2D eigenvalue weighted by Crippen LogP contribution is 2.00. The second kappa shape index (κ2) is 2.77. The predicted molar refractivity (Wildman–Crippen MR) is 44.3 cm³/mol. The van der Waals surface area contributed by atoms with Gasteiger partial charge in [0.15, 0.2) is 16.0 Å². The molecule has 0 fully saturated rings.